The third kappa shape index (κ3) is 3.82. The van der Waals surface area contributed by atoms with E-state index in [2.05, 4.69) is 9.62 Å². The van der Waals surface area contributed by atoms with E-state index in [-0.39, 0.29) is 15.1 Å². The second-order valence-electron chi connectivity index (χ2n) is 5.33. The molecule has 1 atom stereocenters. The average Bonchev–Trinajstić information content (AvgIpc) is 3.05. The molecule has 1 fully saturated rings. The van der Waals surface area contributed by atoms with Crippen molar-refractivity contribution in [2.24, 2.45) is 0 Å². The predicted molar refractivity (Wildman–Crippen MR) is 81.5 cm³/mol. The van der Waals surface area contributed by atoms with Crippen LogP contribution in [-0.4, -0.2) is 50.1 Å². The van der Waals surface area contributed by atoms with Gasteiger partial charge in [0.05, 0.1) is 0 Å². The summed E-state index contributed by atoms with van der Waals surface area (Å²) in [6.45, 7) is 5.94. The molecular formula is C13H20N2O4S2. The minimum absolute atomic E-state index is 0.0611. The number of hydrogen-bond donors (Lipinski definition) is 2. The normalized spacial score (nSPS) is 18.0. The number of carbonyl (C=O) groups is 1. The number of sulfonamides is 1. The molecule has 0 spiro atoms. The summed E-state index contributed by atoms with van der Waals surface area (Å²) in [6, 6.07) is 1.55. The zero-order valence-electron chi connectivity index (χ0n) is 12.1. The van der Waals surface area contributed by atoms with Crippen LogP contribution in [0, 0.1) is 6.92 Å². The van der Waals surface area contributed by atoms with Gasteiger partial charge in [-0.1, -0.05) is 0 Å². The smallest absolute Gasteiger partial charge is 0.346 e. The van der Waals surface area contributed by atoms with Gasteiger partial charge < -0.3 is 5.11 Å². The quantitative estimate of drug-likeness (QED) is 0.825. The molecular weight excluding hydrogens is 312 g/mol. The molecule has 0 amide bonds. The van der Waals surface area contributed by atoms with Crippen LogP contribution in [0.25, 0.3) is 0 Å². The number of aromatic carboxylic acids is 1. The zero-order chi connectivity index (χ0) is 15.6. The van der Waals surface area contributed by atoms with Gasteiger partial charge in [-0.05, 0) is 51.4 Å². The SMILES string of the molecule is Cc1cc(S(=O)(=O)NCC(C)N2CCCC2)sc1C(=O)O. The Hall–Kier alpha value is -0.960. The fraction of sp³-hybridized carbons (Fsp3) is 0.615. The summed E-state index contributed by atoms with van der Waals surface area (Å²) in [6.07, 6.45) is 2.31. The Balaban J connectivity index is 2.04. The first-order chi connectivity index (χ1) is 9.81. The maximum absolute atomic E-state index is 12.2. The number of rotatable bonds is 6. The first-order valence-electron chi connectivity index (χ1n) is 6.88. The summed E-state index contributed by atoms with van der Waals surface area (Å²) >= 11 is 0.795. The van der Waals surface area contributed by atoms with E-state index >= 15 is 0 Å². The van der Waals surface area contributed by atoms with Crippen molar-refractivity contribution in [3.8, 4) is 0 Å². The molecule has 21 heavy (non-hydrogen) atoms. The number of hydrogen-bond acceptors (Lipinski definition) is 5. The van der Waals surface area contributed by atoms with Crippen molar-refractivity contribution in [2.45, 2.75) is 36.9 Å². The zero-order valence-corrected chi connectivity index (χ0v) is 13.8. The molecule has 1 aliphatic heterocycles. The standard InChI is InChI=1S/C13H20N2O4S2/c1-9-7-11(20-12(9)13(16)17)21(18,19)14-8-10(2)15-5-3-4-6-15/h7,10,14H,3-6,8H2,1-2H3,(H,16,17). The van der Waals surface area contributed by atoms with Crippen LogP contribution in [0.4, 0.5) is 0 Å². The highest BCUT2D eigenvalue weighted by Gasteiger charge is 2.24. The lowest BCUT2D eigenvalue weighted by atomic mass is 10.3. The summed E-state index contributed by atoms with van der Waals surface area (Å²) in [7, 11) is -3.64. The van der Waals surface area contributed by atoms with E-state index in [9.17, 15) is 13.2 Å². The molecule has 0 aromatic carbocycles. The third-order valence-corrected chi connectivity index (χ3v) is 6.81. The molecule has 6 nitrogen and oxygen atoms in total. The van der Waals surface area contributed by atoms with E-state index in [1.165, 1.54) is 6.07 Å². The fourth-order valence-electron chi connectivity index (χ4n) is 2.41. The molecule has 1 aliphatic rings. The van der Waals surface area contributed by atoms with Crippen LogP contribution in [0.1, 0.15) is 35.0 Å². The molecule has 8 heteroatoms. The van der Waals surface area contributed by atoms with Crippen molar-refractivity contribution < 1.29 is 18.3 Å². The molecule has 0 bridgehead atoms. The summed E-state index contributed by atoms with van der Waals surface area (Å²) in [5.41, 5.74) is 0.473. The van der Waals surface area contributed by atoms with Crippen LogP contribution in [0.3, 0.4) is 0 Å². The van der Waals surface area contributed by atoms with E-state index < -0.39 is 16.0 Å². The van der Waals surface area contributed by atoms with E-state index in [0.29, 0.717) is 12.1 Å². The van der Waals surface area contributed by atoms with Crippen molar-refractivity contribution in [1.29, 1.82) is 0 Å². The monoisotopic (exact) mass is 332 g/mol. The van der Waals surface area contributed by atoms with Gasteiger partial charge in [0.2, 0.25) is 10.0 Å². The number of carboxylic acids is 1. The first kappa shape index (κ1) is 16.4. The highest BCUT2D eigenvalue weighted by Crippen LogP contribution is 2.25. The van der Waals surface area contributed by atoms with Crippen LogP contribution < -0.4 is 4.72 Å². The second-order valence-corrected chi connectivity index (χ2v) is 8.37. The fourth-order valence-corrected chi connectivity index (χ4v) is 4.96. The van der Waals surface area contributed by atoms with Gasteiger partial charge in [0.1, 0.15) is 9.09 Å². The third-order valence-electron chi connectivity index (χ3n) is 3.69. The highest BCUT2D eigenvalue weighted by molar-refractivity contribution is 7.91. The van der Waals surface area contributed by atoms with Gasteiger partial charge in [-0.25, -0.2) is 17.9 Å². The van der Waals surface area contributed by atoms with E-state index in [1.807, 2.05) is 6.92 Å². The molecule has 2 N–H and O–H groups in total. The van der Waals surface area contributed by atoms with Crippen LogP contribution in [0.5, 0.6) is 0 Å². The summed E-state index contributed by atoms with van der Waals surface area (Å²) < 4.78 is 27.1. The van der Waals surface area contributed by atoms with Gasteiger partial charge >= 0.3 is 5.97 Å². The topological polar surface area (TPSA) is 86.7 Å². The Bertz CT molecular complexity index is 618. The molecule has 1 saturated heterocycles. The Morgan fingerprint density at radius 2 is 2.10 bits per heavy atom. The van der Waals surface area contributed by atoms with Crippen LogP contribution in [0.2, 0.25) is 0 Å². The lowest BCUT2D eigenvalue weighted by molar-refractivity contribution is 0.0701. The van der Waals surface area contributed by atoms with Gasteiger partial charge in [-0.15, -0.1) is 11.3 Å². The lowest BCUT2D eigenvalue weighted by Gasteiger charge is -2.23. The van der Waals surface area contributed by atoms with Crippen molar-refractivity contribution >= 4 is 27.3 Å². The summed E-state index contributed by atoms with van der Waals surface area (Å²) in [5, 5.41) is 8.99. The molecule has 0 saturated carbocycles. The van der Waals surface area contributed by atoms with Crippen LogP contribution in [-0.2, 0) is 10.0 Å². The van der Waals surface area contributed by atoms with E-state index in [4.69, 9.17) is 5.11 Å². The Labute approximate surface area is 128 Å². The number of nitrogens with one attached hydrogen (secondary N) is 1. The van der Waals surface area contributed by atoms with Crippen molar-refractivity contribution in [3.05, 3.63) is 16.5 Å². The molecule has 2 heterocycles. The van der Waals surface area contributed by atoms with Crippen molar-refractivity contribution in [2.75, 3.05) is 19.6 Å². The van der Waals surface area contributed by atoms with Gasteiger partial charge in [-0.2, -0.15) is 0 Å². The molecule has 2 rings (SSSR count). The molecule has 0 radical (unpaired) electrons. The average molecular weight is 332 g/mol. The van der Waals surface area contributed by atoms with Gasteiger partial charge in [-0.3, -0.25) is 4.90 Å². The largest absolute Gasteiger partial charge is 0.477 e. The van der Waals surface area contributed by atoms with Gasteiger partial charge in [0.15, 0.2) is 0 Å². The Kier molecular flexibility index (Phi) is 5.03. The van der Waals surface area contributed by atoms with Gasteiger partial charge in [0, 0.05) is 12.6 Å². The van der Waals surface area contributed by atoms with Crippen LogP contribution in [0.15, 0.2) is 10.3 Å². The second kappa shape index (κ2) is 6.43. The minimum Gasteiger partial charge on any atom is -0.477 e. The van der Waals surface area contributed by atoms with Crippen LogP contribution >= 0.6 is 11.3 Å². The number of aryl methyl sites for hydroxylation is 1. The molecule has 0 aliphatic carbocycles. The summed E-state index contributed by atoms with van der Waals surface area (Å²) in [4.78, 5) is 13.3. The Morgan fingerprint density at radius 3 is 2.62 bits per heavy atom. The van der Waals surface area contributed by atoms with Crippen molar-refractivity contribution in [3.63, 3.8) is 0 Å². The maximum Gasteiger partial charge on any atom is 0.346 e. The van der Waals surface area contributed by atoms with Gasteiger partial charge in [0.25, 0.3) is 0 Å². The molecule has 1 aromatic rings. The maximum atomic E-state index is 12.2. The lowest BCUT2D eigenvalue weighted by Crippen LogP contribution is -2.40. The predicted octanol–water partition coefficient (Wildman–Crippen LogP) is 1.52. The highest BCUT2D eigenvalue weighted by atomic mass is 32.2. The first-order valence-corrected chi connectivity index (χ1v) is 9.18. The number of nitrogens with zero attached hydrogens (tertiary/aromatic N) is 1. The van der Waals surface area contributed by atoms with Crippen molar-refractivity contribution in [1.82, 2.24) is 9.62 Å². The van der Waals surface area contributed by atoms with E-state index in [0.717, 1.165) is 37.3 Å². The number of carboxylic acid groups (broad SMARTS) is 1. The molecule has 118 valence electrons. The molecule has 1 unspecified atom stereocenters. The van der Waals surface area contributed by atoms with E-state index in [1.54, 1.807) is 6.92 Å². The Morgan fingerprint density at radius 1 is 1.48 bits per heavy atom. The molecule has 1 aromatic heterocycles. The summed E-state index contributed by atoms with van der Waals surface area (Å²) in [5.74, 6) is -1.09. The minimum atomic E-state index is -3.64. The number of likely N-dealkylation sites (tertiary alicyclic amines) is 1. The number of thiophene rings is 1.